The number of hydrogen-bond acceptors (Lipinski definition) is 3. The average molecular weight is 195 g/mol. The first-order valence-electron chi connectivity index (χ1n) is 4.81. The van der Waals surface area contributed by atoms with E-state index in [1.54, 1.807) is 7.11 Å². The summed E-state index contributed by atoms with van der Waals surface area (Å²) in [6.45, 7) is 0.246. The van der Waals surface area contributed by atoms with Crippen molar-refractivity contribution in [2.75, 3.05) is 19.5 Å². The Morgan fingerprint density at radius 2 is 2.14 bits per heavy atom. The maximum absolute atomic E-state index is 8.64. The van der Waals surface area contributed by atoms with Crippen molar-refractivity contribution >= 4 is 5.69 Å². The van der Waals surface area contributed by atoms with E-state index >= 15 is 0 Å². The molecule has 0 aromatic heterocycles. The van der Waals surface area contributed by atoms with Crippen LogP contribution in [0.5, 0.6) is 5.75 Å². The fourth-order valence-corrected chi connectivity index (χ4v) is 1.35. The molecule has 3 N–H and O–H groups in total. The molecular weight excluding hydrogens is 178 g/mol. The zero-order valence-electron chi connectivity index (χ0n) is 8.49. The van der Waals surface area contributed by atoms with Crippen molar-refractivity contribution in [1.82, 2.24) is 0 Å². The fourth-order valence-electron chi connectivity index (χ4n) is 1.35. The third kappa shape index (κ3) is 2.92. The lowest BCUT2D eigenvalue weighted by molar-refractivity contribution is 0.284. The van der Waals surface area contributed by atoms with Crippen LogP contribution in [0.25, 0.3) is 0 Å². The van der Waals surface area contributed by atoms with Crippen LogP contribution in [0.4, 0.5) is 5.69 Å². The van der Waals surface area contributed by atoms with Crippen LogP contribution in [0, 0.1) is 0 Å². The van der Waals surface area contributed by atoms with Crippen molar-refractivity contribution in [3.63, 3.8) is 0 Å². The van der Waals surface area contributed by atoms with Crippen LogP contribution in [-0.4, -0.2) is 18.8 Å². The van der Waals surface area contributed by atoms with E-state index in [2.05, 4.69) is 0 Å². The molecule has 1 aromatic carbocycles. The minimum absolute atomic E-state index is 0.246. The molecular formula is C11H17NO2. The Balaban J connectivity index is 2.59. The Morgan fingerprint density at radius 1 is 1.36 bits per heavy atom. The summed E-state index contributed by atoms with van der Waals surface area (Å²) in [4.78, 5) is 0. The topological polar surface area (TPSA) is 55.5 Å². The van der Waals surface area contributed by atoms with Gasteiger partial charge < -0.3 is 15.6 Å². The molecule has 0 spiro atoms. The highest BCUT2D eigenvalue weighted by Gasteiger charge is 2.00. The molecule has 14 heavy (non-hydrogen) atoms. The monoisotopic (exact) mass is 195 g/mol. The Kier molecular flexibility index (Phi) is 4.26. The van der Waals surface area contributed by atoms with Crippen molar-refractivity contribution < 1.29 is 9.84 Å². The first-order chi connectivity index (χ1) is 6.77. The lowest BCUT2D eigenvalue weighted by atomic mass is 10.1. The summed E-state index contributed by atoms with van der Waals surface area (Å²) in [6, 6.07) is 5.71. The molecule has 1 rings (SSSR count). The van der Waals surface area contributed by atoms with Crippen molar-refractivity contribution in [2.45, 2.75) is 19.3 Å². The molecule has 0 unspecified atom stereocenters. The number of ether oxygens (including phenoxy) is 1. The Hall–Kier alpha value is -1.22. The first-order valence-corrected chi connectivity index (χ1v) is 4.81. The fraction of sp³-hybridized carbons (Fsp3) is 0.455. The van der Waals surface area contributed by atoms with Gasteiger partial charge in [0.25, 0.3) is 0 Å². The number of aliphatic hydroxyl groups excluding tert-OH is 1. The molecule has 0 saturated heterocycles. The number of unbranched alkanes of at least 4 members (excludes halogenated alkanes) is 1. The lowest BCUT2D eigenvalue weighted by Gasteiger charge is -2.07. The normalized spacial score (nSPS) is 10.1. The van der Waals surface area contributed by atoms with E-state index in [4.69, 9.17) is 15.6 Å². The van der Waals surface area contributed by atoms with Gasteiger partial charge >= 0.3 is 0 Å². The maximum Gasteiger partial charge on any atom is 0.120 e. The van der Waals surface area contributed by atoms with E-state index in [9.17, 15) is 0 Å². The minimum Gasteiger partial charge on any atom is -0.497 e. The standard InChI is InChI=1S/C11H17NO2/c1-14-10-6-5-9(11(12)8-10)4-2-3-7-13/h5-6,8,13H,2-4,7,12H2,1H3. The number of hydrogen-bond donors (Lipinski definition) is 2. The summed E-state index contributed by atoms with van der Waals surface area (Å²) < 4.78 is 5.06. The third-order valence-corrected chi connectivity index (χ3v) is 2.21. The van der Waals surface area contributed by atoms with Gasteiger partial charge in [0.15, 0.2) is 0 Å². The van der Waals surface area contributed by atoms with E-state index in [1.165, 1.54) is 0 Å². The van der Waals surface area contributed by atoms with E-state index in [1.807, 2.05) is 18.2 Å². The molecule has 0 aliphatic rings. The van der Waals surface area contributed by atoms with E-state index < -0.39 is 0 Å². The van der Waals surface area contributed by atoms with Gasteiger partial charge in [-0.25, -0.2) is 0 Å². The van der Waals surface area contributed by atoms with Crippen molar-refractivity contribution in [2.24, 2.45) is 0 Å². The molecule has 0 atom stereocenters. The number of methoxy groups -OCH3 is 1. The Morgan fingerprint density at radius 3 is 2.71 bits per heavy atom. The molecule has 3 nitrogen and oxygen atoms in total. The molecule has 0 radical (unpaired) electrons. The molecule has 1 aromatic rings. The highest BCUT2D eigenvalue weighted by molar-refractivity contribution is 5.51. The molecule has 0 saturated carbocycles. The zero-order valence-corrected chi connectivity index (χ0v) is 8.49. The number of aryl methyl sites for hydroxylation is 1. The van der Waals surface area contributed by atoms with E-state index in [0.717, 1.165) is 36.3 Å². The molecule has 0 heterocycles. The van der Waals surface area contributed by atoms with Gasteiger partial charge in [-0.3, -0.25) is 0 Å². The van der Waals surface area contributed by atoms with Gasteiger partial charge in [0.2, 0.25) is 0 Å². The first kappa shape index (κ1) is 10.9. The van der Waals surface area contributed by atoms with Crippen molar-refractivity contribution in [3.8, 4) is 5.75 Å². The Labute approximate surface area is 84.5 Å². The lowest BCUT2D eigenvalue weighted by Crippen LogP contribution is -1.96. The van der Waals surface area contributed by atoms with Crippen molar-refractivity contribution in [3.05, 3.63) is 23.8 Å². The number of nitrogen functional groups attached to an aromatic ring is 1. The second kappa shape index (κ2) is 5.50. The maximum atomic E-state index is 8.64. The molecule has 0 aliphatic carbocycles. The second-order valence-electron chi connectivity index (χ2n) is 3.25. The Bertz CT molecular complexity index is 287. The number of nitrogens with two attached hydrogens (primary N) is 1. The summed E-state index contributed by atoms with van der Waals surface area (Å²) in [7, 11) is 1.63. The summed E-state index contributed by atoms with van der Waals surface area (Å²) in [5.41, 5.74) is 7.73. The number of aliphatic hydroxyl groups is 1. The molecule has 3 heteroatoms. The van der Waals surface area contributed by atoms with Crippen LogP contribution in [0.3, 0.4) is 0 Å². The summed E-state index contributed by atoms with van der Waals surface area (Å²) in [6.07, 6.45) is 2.70. The minimum atomic E-state index is 0.246. The summed E-state index contributed by atoms with van der Waals surface area (Å²) >= 11 is 0. The highest BCUT2D eigenvalue weighted by Crippen LogP contribution is 2.20. The van der Waals surface area contributed by atoms with Gasteiger partial charge in [0.1, 0.15) is 5.75 Å². The quantitative estimate of drug-likeness (QED) is 0.554. The summed E-state index contributed by atoms with van der Waals surface area (Å²) in [5.74, 6) is 0.786. The van der Waals surface area contributed by atoms with Crippen LogP contribution in [0.2, 0.25) is 0 Å². The van der Waals surface area contributed by atoms with Gasteiger partial charge in [0, 0.05) is 18.4 Å². The molecule has 0 aliphatic heterocycles. The van der Waals surface area contributed by atoms with Crippen LogP contribution in [-0.2, 0) is 6.42 Å². The highest BCUT2D eigenvalue weighted by atomic mass is 16.5. The zero-order chi connectivity index (χ0) is 10.4. The largest absolute Gasteiger partial charge is 0.497 e. The number of anilines is 1. The van der Waals surface area contributed by atoms with Crippen LogP contribution in [0.15, 0.2) is 18.2 Å². The third-order valence-electron chi connectivity index (χ3n) is 2.21. The predicted molar refractivity (Wildman–Crippen MR) is 57.4 cm³/mol. The number of rotatable bonds is 5. The van der Waals surface area contributed by atoms with Gasteiger partial charge in [0.05, 0.1) is 7.11 Å². The van der Waals surface area contributed by atoms with Crippen molar-refractivity contribution in [1.29, 1.82) is 0 Å². The van der Waals surface area contributed by atoms with Gasteiger partial charge in [-0.15, -0.1) is 0 Å². The van der Waals surface area contributed by atoms with Gasteiger partial charge in [-0.05, 0) is 30.9 Å². The van der Waals surface area contributed by atoms with Crippen LogP contribution >= 0.6 is 0 Å². The molecule has 0 fully saturated rings. The van der Waals surface area contributed by atoms with Crippen LogP contribution in [0.1, 0.15) is 18.4 Å². The summed E-state index contributed by atoms with van der Waals surface area (Å²) in [5, 5.41) is 8.64. The SMILES string of the molecule is COc1ccc(CCCCO)c(N)c1. The van der Waals surface area contributed by atoms with Crippen LogP contribution < -0.4 is 10.5 Å². The second-order valence-corrected chi connectivity index (χ2v) is 3.25. The van der Waals surface area contributed by atoms with Gasteiger partial charge in [-0.1, -0.05) is 6.07 Å². The average Bonchev–Trinajstić information content (AvgIpc) is 2.20. The smallest absolute Gasteiger partial charge is 0.120 e. The molecule has 0 bridgehead atoms. The molecule has 0 amide bonds. The van der Waals surface area contributed by atoms with Gasteiger partial charge in [-0.2, -0.15) is 0 Å². The number of benzene rings is 1. The van der Waals surface area contributed by atoms with E-state index in [0.29, 0.717) is 0 Å². The van der Waals surface area contributed by atoms with E-state index in [-0.39, 0.29) is 6.61 Å². The molecule has 78 valence electrons. The predicted octanol–water partition coefficient (Wildman–Crippen LogP) is 1.59.